The third-order valence-corrected chi connectivity index (χ3v) is 3.19. The highest BCUT2D eigenvalue weighted by atomic mass is 32.2. The van der Waals surface area contributed by atoms with Gasteiger partial charge in [-0.15, -0.1) is 11.8 Å². The lowest BCUT2D eigenvalue weighted by molar-refractivity contribution is 0.0697. The van der Waals surface area contributed by atoms with Crippen LogP contribution in [-0.4, -0.2) is 16.2 Å². The van der Waals surface area contributed by atoms with Crippen LogP contribution in [-0.2, 0) is 5.75 Å². The summed E-state index contributed by atoms with van der Waals surface area (Å²) in [5.41, 5.74) is 1.16. The quantitative estimate of drug-likeness (QED) is 0.844. The Balaban J connectivity index is 1.97. The highest BCUT2D eigenvalue weighted by Crippen LogP contribution is 2.23. The van der Waals surface area contributed by atoms with Gasteiger partial charge in [0.2, 0.25) is 0 Å². The zero-order valence-corrected chi connectivity index (χ0v) is 10.0. The predicted octanol–water partition coefficient (Wildman–Crippen LogP) is 2.97. The van der Waals surface area contributed by atoms with E-state index in [9.17, 15) is 4.79 Å². The number of thioether (sulfide) groups is 1. The SMILES string of the molecule is Cc1cc(CSc2ccc(C(=O)O)cc2)on1. The van der Waals surface area contributed by atoms with Crippen molar-refractivity contribution in [2.75, 3.05) is 0 Å². The second-order valence-electron chi connectivity index (χ2n) is 3.55. The van der Waals surface area contributed by atoms with Crippen molar-refractivity contribution in [3.05, 3.63) is 47.3 Å². The Kier molecular flexibility index (Phi) is 3.49. The van der Waals surface area contributed by atoms with Crippen LogP contribution in [0.2, 0.25) is 0 Å². The summed E-state index contributed by atoms with van der Waals surface area (Å²) >= 11 is 1.58. The first-order valence-corrected chi connectivity index (χ1v) is 6.02. The molecule has 0 aliphatic rings. The normalized spacial score (nSPS) is 10.4. The van der Waals surface area contributed by atoms with Crippen LogP contribution >= 0.6 is 11.8 Å². The highest BCUT2D eigenvalue weighted by Gasteiger charge is 2.04. The number of carbonyl (C=O) groups is 1. The maximum absolute atomic E-state index is 10.7. The molecule has 0 amide bonds. The molecule has 2 aromatic rings. The van der Waals surface area contributed by atoms with Crippen molar-refractivity contribution < 1.29 is 14.4 Å². The number of nitrogens with zero attached hydrogens (tertiary/aromatic N) is 1. The molecule has 0 bridgehead atoms. The molecule has 0 saturated heterocycles. The molecule has 1 aromatic heterocycles. The van der Waals surface area contributed by atoms with Crippen molar-refractivity contribution in [1.29, 1.82) is 0 Å². The molecule has 0 unspecified atom stereocenters. The Labute approximate surface area is 103 Å². The molecule has 0 spiro atoms. The summed E-state index contributed by atoms with van der Waals surface area (Å²) in [7, 11) is 0. The summed E-state index contributed by atoms with van der Waals surface area (Å²) in [6.07, 6.45) is 0. The first kappa shape index (κ1) is 11.7. The van der Waals surface area contributed by atoms with Crippen LogP contribution in [0.3, 0.4) is 0 Å². The number of rotatable bonds is 4. The lowest BCUT2D eigenvalue weighted by atomic mass is 10.2. The van der Waals surface area contributed by atoms with E-state index in [-0.39, 0.29) is 0 Å². The number of aromatic nitrogens is 1. The molecule has 0 fully saturated rings. The third kappa shape index (κ3) is 3.10. The van der Waals surface area contributed by atoms with E-state index in [1.807, 2.05) is 13.0 Å². The molecule has 0 radical (unpaired) electrons. The minimum atomic E-state index is -0.910. The van der Waals surface area contributed by atoms with E-state index in [4.69, 9.17) is 9.63 Å². The zero-order chi connectivity index (χ0) is 12.3. The average molecular weight is 249 g/mol. The largest absolute Gasteiger partial charge is 0.478 e. The van der Waals surface area contributed by atoms with Gasteiger partial charge in [0.15, 0.2) is 0 Å². The Morgan fingerprint density at radius 2 is 2.12 bits per heavy atom. The van der Waals surface area contributed by atoms with Gasteiger partial charge in [-0.1, -0.05) is 5.16 Å². The molecule has 0 aliphatic carbocycles. The van der Waals surface area contributed by atoms with E-state index < -0.39 is 5.97 Å². The van der Waals surface area contributed by atoms with E-state index in [0.717, 1.165) is 16.3 Å². The number of hydrogen-bond donors (Lipinski definition) is 1. The summed E-state index contributed by atoms with van der Waals surface area (Å²) in [6, 6.07) is 8.65. The van der Waals surface area contributed by atoms with Crippen LogP contribution in [0.25, 0.3) is 0 Å². The van der Waals surface area contributed by atoms with Crippen LogP contribution in [0.5, 0.6) is 0 Å². The zero-order valence-electron chi connectivity index (χ0n) is 9.21. The molecule has 1 heterocycles. The van der Waals surface area contributed by atoms with Crippen LogP contribution in [0.1, 0.15) is 21.8 Å². The maximum atomic E-state index is 10.7. The smallest absolute Gasteiger partial charge is 0.335 e. The Hall–Kier alpha value is -1.75. The molecule has 2 rings (SSSR count). The average Bonchev–Trinajstić information content (AvgIpc) is 2.73. The van der Waals surface area contributed by atoms with Crippen LogP contribution in [0.4, 0.5) is 0 Å². The fraction of sp³-hybridized carbons (Fsp3) is 0.167. The number of aryl methyl sites for hydroxylation is 1. The number of benzene rings is 1. The summed E-state index contributed by atoms with van der Waals surface area (Å²) in [6.45, 7) is 1.87. The number of carboxylic acid groups (broad SMARTS) is 1. The van der Waals surface area contributed by atoms with E-state index in [1.54, 1.807) is 36.0 Å². The molecular weight excluding hydrogens is 238 g/mol. The molecule has 4 nitrogen and oxygen atoms in total. The monoisotopic (exact) mass is 249 g/mol. The van der Waals surface area contributed by atoms with Gasteiger partial charge < -0.3 is 9.63 Å². The second-order valence-corrected chi connectivity index (χ2v) is 4.60. The van der Waals surface area contributed by atoms with Crippen molar-refractivity contribution in [2.45, 2.75) is 17.6 Å². The minimum Gasteiger partial charge on any atom is -0.478 e. The van der Waals surface area contributed by atoms with Gasteiger partial charge >= 0.3 is 5.97 Å². The molecule has 0 aliphatic heterocycles. The van der Waals surface area contributed by atoms with Gasteiger partial charge in [0.25, 0.3) is 0 Å². The van der Waals surface area contributed by atoms with Crippen molar-refractivity contribution in [2.24, 2.45) is 0 Å². The summed E-state index contributed by atoms with van der Waals surface area (Å²) in [5.74, 6) is 0.593. The lowest BCUT2D eigenvalue weighted by Crippen LogP contribution is -1.94. The van der Waals surface area contributed by atoms with Crippen molar-refractivity contribution >= 4 is 17.7 Å². The van der Waals surface area contributed by atoms with Gasteiger partial charge in [-0.25, -0.2) is 4.79 Å². The van der Waals surface area contributed by atoms with Crippen LogP contribution in [0, 0.1) is 6.92 Å². The van der Waals surface area contributed by atoms with Gasteiger partial charge in [-0.2, -0.15) is 0 Å². The molecule has 1 aromatic carbocycles. The standard InChI is InChI=1S/C12H11NO3S/c1-8-6-10(16-13-8)7-17-11-4-2-9(3-5-11)12(14)15/h2-6H,7H2,1H3,(H,14,15). The maximum Gasteiger partial charge on any atom is 0.335 e. The topological polar surface area (TPSA) is 63.3 Å². The second kappa shape index (κ2) is 5.05. The highest BCUT2D eigenvalue weighted by molar-refractivity contribution is 7.98. The predicted molar refractivity (Wildman–Crippen MR) is 64.2 cm³/mol. The van der Waals surface area contributed by atoms with Gasteiger partial charge in [0.1, 0.15) is 5.76 Å². The number of carboxylic acids is 1. The van der Waals surface area contributed by atoms with Crippen molar-refractivity contribution in [3.63, 3.8) is 0 Å². The van der Waals surface area contributed by atoms with Crippen LogP contribution < -0.4 is 0 Å². The van der Waals surface area contributed by atoms with E-state index in [1.165, 1.54) is 0 Å². The minimum absolute atomic E-state index is 0.296. The molecular formula is C12H11NO3S. The Bertz CT molecular complexity index is 519. The lowest BCUT2D eigenvalue weighted by Gasteiger charge is -1.99. The van der Waals surface area contributed by atoms with Gasteiger partial charge in [0.05, 0.1) is 17.0 Å². The molecule has 88 valence electrons. The van der Waals surface area contributed by atoms with Crippen molar-refractivity contribution in [3.8, 4) is 0 Å². The summed E-state index contributed by atoms with van der Waals surface area (Å²) < 4.78 is 5.08. The molecule has 0 saturated carbocycles. The van der Waals surface area contributed by atoms with Gasteiger partial charge in [-0.05, 0) is 31.2 Å². The van der Waals surface area contributed by atoms with Gasteiger partial charge in [0, 0.05) is 11.0 Å². The number of aromatic carboxylic acids is 1. The first-order valence-electron chi connectivity index (χ1n) is 5.03. The molecule has 0 atom stereocenters. The fourth-order valence-electron chi connectivity index (χ4n) is 1.33. The third-order valence-electron chi connectivity index (χ3n) is 2.16. The fourth-order valence-corrected chi connectivity index (χ4v) is 2.11. The summed E-state index contributed by atoms with van der Waals surface area (Å²) in [4.78, 5) is 11.7. The summed E-state index contributed by atoms with van der Waals surface area (Å²) in [5, 5.41) is 12.6. The first-order chi connectivity index (χ1) is 8.15. The van der Waals surface area contributed by atoms with Crippen molar-refractivity contribution in [1.82, 2.24) is 5.16 Å². The molecule has 1 N–H and O–H groups in total. The van der Waals surface area contributed by atoms with E-state index >= 15 is 0 Å². The van der Waals surface area contributed by atoms with E-state index in [2.05, 4.69) is 5.16 Å². The van der Waals surface area contributed by atoms with E-state index in [0.29, 0.717) is 11.3 Å². The molecule has 5 heteroatoms. The molecule has 17 heavy (non-hydrogen) atoms. The Morgan fingerprint density at radius 3 is 2.65 bits per heavy atom. The van der Waals surface area contributed by atoms with Crippen LogP contribution in [0.15, 0.2) is 39.8 Å². The Morgan fingerprint density at radius 1 is 1.41 bits per heavy atom. The van der Waals surface area contributed by atoms with Gasteiger partial charge in [-0.3, -0.25) is 0 Å². The number of hydrogen-bond acceptors (Lipinski definition) is 4.